The monoisotopic (exact) mass is 370 g/mol. The standard InChI is InChI=1S/C16H9Cl3O2S/c17-9-3-1-8(2-4-9)15-16(21-15)7-22-13-11(14(16)20)5-10(18)6-12(13)19/h1-6,15H,7H2. The number of fused-ring (bicyclic) bond motifs is 1. The predicted molar refractivity (Wildman–Crippen MR) is 89.5 cm³/mol. The molecule has 2 unspecified atom stereocenters. The molecule has 0 radical (unpaired) electrons. The van der Waals surface area contributed by atoms with Gasteiger partial charge in [0.1, 0.15) is 6.10 Å². The second-order valence-electron chi connectivity index (χ2n) is 5.32. The Hall–Kier alpha value is -0.710. The molecular weight excluding hydrogens is 363 g/mol. The zero-order valence-corrected chi connectivity index (χ0v) is 14.2. The third-order valence-corrected chi connectivity index (χ3v) is 6.12. The fourth-order valence-corrected chi connectivity index (χ4v) is 4.78. The highest BCUT2D eigenvalue weighted by Crippen LogP contribution is 2.57. The number of epoxide rings is 1. The molecule has 112 valence electrons. The highest BCUT2D eigenvalue weighted by Gasteiger charge is 2.64. The lowest BCUT2D eigenvalue weighted by atomic mass is 9.92. The molecule has 2 aliphatic rings. The molecule has 0 aromatic heterocycles. The first kappa shape index (κ1) is 14.9. The largest absolute Gasteiger partial charge is 0.351 e. The lowest BCUT2D eigenvalue weighted by molar-refractivity contribution is 0.0885. The minimum absolute atomic E-state index is 0.0504. The van der Waals surface area contributed by atoms with Crippen molar-refractivity contribution in [2.45, 2.75) is 16.6 Å². The van der Waals surface area contributed by atoms with Gasteiger partial charge in [0.15, 0.2) is 11.4 Å². The van der Waals surface area contributed by atoms with Crippen LogP contribution in [0.3, 0.4) is 0 Å². The van der Waals surface area contributed by atoms with Gasteiger partial charge in [0.25, 0.3) is 0 Å². The van der Waals surface area contributed by atoms with Crippen LogP contribution >= 0.6 is 46.6 Å². The maximum atomic E-state index is 12.9. The quantitative estimate of drug-likeness (QED) is 0.625. The Kier molecular flexibility index (Phi) is 3.48. The van der Waals surface area contributed by atoms with E-state index in [4.69, 9.17) is 39.5 Å². The summed E-state index contributed by atoms with van der Waals surface area (Å²) in [5, 5.41) is 1.63. The van der Waals surface area contributed by atoms with Gasteiger partial charge in [0.05, 0.1) is 5.02 Å². The van der Waals surface area contributed by atoms with Gasteiger partial charge in [0.2, 0.25) is 0 Å². The zero-order chi connectivity index (χ0) is 15.5. The summed E-state index contributed by atoms with van der Waals surface area (Å²) < 4.78 is 5.82. The molecule has 0 amide bonds. The van der Waals surface area contributed by atoms with Crippen molar-refractivity contribution in [3.8, 4) is 0 Å². The van der Waals surface area contributed by atoms with Crippen LogP contribution in [0.1, 0.15) is 22.0 Å². The topological polar surface area (TPSA) is 29.6 Å². The molecule has 2 nitrogen and oxygen atoms in total. The number of thioether (sulfide) groups is 1. The fraction of sp³-hybridized carbons (Fsp3) is 0.188. The average Bonchev–Trinajstić information content (AvgIpc) is 3.20. The summed E-state index contributed by atoms with van der Waals surface area (Å²) in [5.41, 5.74) is 0.694. The third kappa shape index (κ3) is 2.19. The van der Waals surface area contributed by atoms with Crippen molar-refractivity contribution in [3.05, 3.63) is 62.6 Å². The Morgan fingerprint density at radius 3 is 2.55 bits per heavy atom. The molecule has 0 bridgehead atoms. The molecule has 6 heteroatoms. The Labute approximate surface area is 146 Å². The van der Waals surface area contributed by atoms with E-state index in [0.717, 1.165) is 10.5 Å². The molecule has 0 saturated carbocycles. The van der Waals surface area contributed by atoms with Gasteiger partial charge in [-0.3, -0.25) is 4.79 Å². The van der Waals surface area contributed by atoms with Gasteiger partial charge >= 0.3 is 0 Å². The number of hydrogen-bond donors (Lipinski definition) is 0. The minimum Gasteiger partial charge on any atom is -0.351 e. The van der Waals surface area contributed by atoms with Gasteiger partial charge in [0, 0.05) is 26.3 Å². The second-order valence-corrected chi connectivity index (χ2v) is 7.59. The number of carbonyl (C=O) groups is 1. The van der Waals surface area contributed by atoms with Crippen molar-refractivity contribution in [1.82, 2.24) is 0 Å². The average molecular weight is 372 g/mol. The van der Waals surface area contributed by atoms with Crippen molar-refractivity contribution in [3.63, 3.8) is 0 Å². The van der Waals surface area contributed by atoms with E-state index in [1.54, 1.807) is 24.3 Å². The Morgan fingerprint density at radius 1 is 1.09 bits per heavy atom. The van der Waals surface area contributed by atoms with Crippen LogP contribution in [-0.4, -0.2) is 17.1 Å². The molecule has 22 heavy (non-hydrogen) atoms. The summed E-state index contributed by atoms with van der Waals surface area (Å²) in [6.45, 7) is 0. The number of Topliss-reactive ketones (excluding diaryl/α,β-unsaturated/α-hetero) is 1. The molecule has 1 fully saturated rings. The van der Waals surface area contributed by atoms with E-state index in [2.05, 4.69) is 0 Å². The number of ketones is 1. The lowest BCUT2D eigenvalue weighted by Crippen LogP contribution is -2.32. The summed E-state index contributed by atoms with van der Waals surface area (Å²) >= 11 is 19.7. The molecule has 2 aliphatic heterocycles. The summed E-state index contributed by atoms with van der Waals surface area (Å²) in [7, 11) is 0. The second kappa shape index (κ2) is 5.15. The van der Waals surface area contributed by atoms with Gasteiger partial charge in [-0.1, -0.05) is 46.9 Å². The number of benzene rings is 2. The van der Waals surface area contributed by atoms with Crippen molar-refractivity contribution >= 4 is 52.3 Å². The smallest absolute Gasteiger partial charge is 0.199 e. The first-order valence-electron chi connectivity index (χ1n) is 6.61. The van der Waals surface area contributed by atoms with Gasteiger partial charge < -0.3 is 4.74 Å². The molecule has 1 spiro atoms. The molecule has 1 saturated heterocycles. The normalized spacial score (nSPS) is 26.1. The molecule has 2 aromatic carbocycles. The summed E-state index contributed by atoms with van der Waals surface area (Å²) in [6, 6.07) is 10.7. The van der Waals surface area contributed by atoms with Crippen LogP contribution < -0.4 is 0 Å². The first-order chi connectivity index (χ1) is 10.5. The van der Waals surface area contributed by atoms with Gasteiger partial charge in [-0.15, -0.1) is 11.8 Å². The number of ether oxygens (including phenoxy) is 1. The SMILES string of the molecule is O=C1c2cc(Cl)cc(Cl)c2SCC12OC2c1ccc(Cl)cc1. The molecular formula is C16H9Cl3O2S. The highest BCUT2D eigenvalue weighted by atomic mass is 35.5. The molecule has 0 aliphatic carbocycles. The van der Waals surface area contributed by atoms with Crippen molar-refractivity contribution in [2.75, 3.05) is 5.75 Å². The van der Waals surface area contributed by atoms with Crippen molar-refractivity contribution in [2.24, 2.45) is 0 Å². The van der Waals surface area contributed by atoms with E-state index in [0.29, 0.717) is 26.4 Å². The van der Waals surface area contributed by atoms with Crippen LogP contribution in [0.15, 0.2) is 41.3 Å². The van der Waals surface area contributed by atoms with Crippen LogP contribution in [-0.2, 0) is 4.74 Å². The van der Waals surface area contributed by atoms with E-state index in [1.807, 2.05) is 12.1 Å². The zero-order valence-electron chi connectivity index (χ0n) is 11.1. The Morgan fingerprint density at radius 2 is 1.82 bits per heavy atom. The number of halogens is 3. The maximum absolute atomic E-state index is 12.9. The summed E-state index contributed by atoms with van der Waals surface area (Å²) in [4.78, 5) is 13.7. The van der Waals surface area contributed by atoms with Gasteiger partial charge in [-0.05, 0) is 29.8 Å². The van der Waals surface area contributed by atoms with Crippen LogP contribution in [0.4, 0.5) is 0 Å². The fourth-order valence-electron chi connectivity index (χ4n) is 2.78. The van der Waals surface area contributed by atoms with Gasteiger partial charge in [-0.25, -0.2) is 0 Å². The molecule has 0 N–H and O–H groups in total. The van der Waals surface area contributed by atoms with Crippen LogP contribution in [0.2, 0.25) is 15.1 Å². The summed E-state index contributed by atoms with van der Waals surface area (Å²) in [6.07, 6.45) is -0.240. The third-order valence-electron chi connectivity index (χ3n) is 3.94. The minimum atomic E-state index is -0.806. The van der Waals surface area contributed by atoms with Crippen LogP contribution in [0.25, 0.3) is 0 Å². The van der Waals surface area contributed by atoms with Crippen molar-refractivity contribution in [1.29, 1.82) is 0 Å². The van der Waals surface area contributed by atoms with Crippen molar-refractivity contribution < 1.29 is 9.53 Å². The van der Waals surface area contributed by atoms with E-state index in [9.17, 15) is 4.79 Å². The summed E-state index contributed by atoms with van der Waals surface area (Å²) in [5.74, 6) is 0.499. The Bertz CT molecular complexity index is 791. The molecule has 2 aromatic rings. The van der Waals surface area contributed by atoms with E-state index >= 15 is 0 Å². The Balaban J connectivity index is 1.71. The number of hydrogen-bond acceptors (Lipinski definition) is 3. The molecule has 4 rings (SSSR count). The number of carbonyl (C=O) groups excluding carboxylic acids is 1. The van der Waals surface area contributed by atoms with E-state index in [1.165, 1.54) is 11.8 Å². The highest BCUT2D eigenvalue weighted by molar-refractivity contribution is 7.99. The predicted octanol–water partition coefficient (Wildman–Crippen LogP) is 5.45. The van der Waals surface area contributed by atoms with Crippen LogP contribution in [0, 0.1) is 0 Å². The maximum Gasteiger partial charge on any atom is 0.199 e. The van der Waals surface area contributed by atoms with Gasteiger partial charge in [-0.2, -0.15) is 0 Å². The first-order valence-corrected chi connectivity index (χ1v) is 8.73. The van der Waals surface area contributed by atoms with Crippen LogP contribution in [0.5, 0.6) is 0 Å². The molecule has 2 heterocycles. The number of rotatable bonds is 1. The van der Waals surface area contributed by atoms with E-state index in [-0.39, 0.29) is 11.9 Å². The lowest BCUT2D eigenvalue weighted by Gasteiger charge is -2.21. The molecule has 2 atom stereocenters. The van der Waals surface area contributed by atoms with E-state index < -0.39 is 5.60 Å².